The van der Waals surface area contributed by atoms with Crippen LogP contribution in [0.15, 0.2) is 108 Å². The quantitative estimate of drug-likeness (QED) is 0.214. The summed E-state index contributed by atoms with van der Waals surface area (Å²) in [6, 6.07) is 25.0. The molecule has 9 nitrogen and oxygen atoms in total. The molecule has 0 radical (unpaired) electrons. The van der Waals surface area contributed by atoms with Crippen LogP contribution in [-0.4, -0.2) is 51.8 Å². The number of pyridine rings is 1. The van der Waals surface area contributed by atoms with Gasteiger partial charge in [-0.3, -0.25) is 19.0 Å². The number of fused-ring (bicyclic) bond motifs is 1. The Bertz CT molecular complexity index is 1810. The molecule has 3 aromatic carbocycles. The summed E-state index contributed by atoms with van der Waals surface area (Å²) in [5.41, 5.74) is 0.934. The highest BCUT2D eigenvalue weighted by molar-refractivity contribution is 6.31. The number of aromatic nitrogens is 1. The molecule has 2 amide bonds. The highest BCUT2D eigenvalue weighted by Crippen LogP contribution is 2.46. The number of carbonyl (C=O) groups excluding carboxylic acids is 2. The molecule has 0 aliphatic carbocycles. The predicted molar refractivity (Wildman–Crippen MR) is 177 cm³/mol. The van der Waals surface area contributed by atoms with Crippen LogP contribution in [0.5, 0.6) is 5.75 Å². The summed E-state index contributed by atoms with van der Waals surface area (Å²) in [6.45, 7) is 2.24. The van der Waals surface area contributed by atoms with E-state index in [4.69, 9.17) is 16.3 Å². The third-order valence-corrected chi connectivity index (χ3v) is 8.44. The number of halogens is 1. The number of hydrogen-bond acceptors (Lipinski definition) is 6. The Labute approximate surface area is 272 Å². The van der Waals surface area contributed by atoms with E-state index in [1.54, 1.807) is 72.6 Å². The Hall–Kier alpha value is -4.70. The van der Waals surface area contributed by atoms with E-state index in [0.717, 1.165) is 11.1 Å². The third kappa shape index (κ3) is 6.62. The third-order valence-electron chi connectivity index (χ3n) is 8.21. The van der Waals surface area contributed by atoms with Gasteiger partial charge >= 0.3 is 0 Å². The van der Waals surface area contributed by atoms with Crippen molar-refractivity contribution in [1.29, 1.82) is 0 Å². The van der Waals surface area contributed by atoms with Gasteiger partial charge < -0.3 is 24.7 Å². The van der Waals surface area contributed by atoms with Gasteiger partial charge in [0.15, 0.2) is 11.4 Å². The van der Waals surface area contributed by atoms with Gasteiger partial charge in [0.2, 0.25) is 5.91 Å². The molecule has 0 unspecified atom stereocenters. The molecule has 0 spiro atoms. The highest BCUT2D eigenvalue weighted by atomic mass is 35.5. The van der Waals surface area contributed by atoms with Crippen molar-refractivity contribution in [3.63, 3.8) is 0 Å². The van der Waals surface area contributed by atoms with Gasteiger partial charge in [0.05, 0.1) is 25.9 Å². The van der Waals surface area contributed by atoms with Gasteiger partial charge in [-0.1, -0.05) is 73.1 Å². The molecule has 1 aliphatic rings. The molecule has 2 heterocycles. The zero-order chi connectivity index (χ0) is 32.8. The molecule has 2 N–H and O–H groups in total. The molecule has 4 aromatic rings. The minimum absolute atomic E-state index is 0.0317. The van der Waals surface area contributed by atoms with Crippen molar-refractivity contribution in [1.82, 2.24) is 9.47 Å². The van der Waals surface area contributed by atoms with E-state index in [9.17, 15) is 24.6 Å². The van der Waals surface area contributed by atoms with E-state index in [1.807, 2.05) is 42.5 Å². The fourth-order valence-corrected chi connectivity index (χ4v) is 5.93. The second kappa shape index (κ2) is 14.2. The highest BCUT2D eigenvalue weighted by Gasteiger charge is 2.52. The summed E-state index contributed by atoms with van der Waals surface area (Å²) < 4.78 is 6.65. The van der Waals surface area contributed by atoms with Crippen LogP contribution in [0.25, 0.3) is 5.69 Å². The molecule has 1 aliphatic heterocycles. The minimum Gasteiger partial charge on any atom is -0.491 e. The molecule has 46 heavy (non-hydrogen) atoms. The van der Waals surface area contributed by atoms with Gasteiger partial charge in [-0.05, 0) is 53.6 Å². The first-order valence-corrected chi connectivity index (χ1v) is 15.3. The molecule has 10 heteroatoms. The molecule has 0 saturated heterocycles. The summed E-state index contributed by atoms with van der Waals surface area (Å²) in [5.74, 6) is -1.22. The molecule has 1 aromatic heterocycles. The van der Waals surface area contributed by atoms with Crippen LogP contribution in [0.4, 0.5) is 5.69 Å². The number of methoxy groups -OCH3 is 1. The number of rotatable bonds is 12. The van der Waals surface area contributed by atoms with Crippen LogP contribution in [0.1, 0.15) is 30.0 Å². The van der Waals surface area contributed by atoms with Crippen LogP contribution in [0.2, 0.25) is 5.02 Å². The van der Waals surface area contributed by atoms with E-state index in [0.29, 0.717) is 28.5 Å². The van der Waals surface area contributed by atoms with Crippen LogP contribution in [-0.2, 0) is 28.3 Å². The zero-order valence-electron chi connectivity index (χ0n) is 25.7. The number of nitrogens with zero attached hydrogens (tertiary/aromatic N) is 3. The van der Waals surface area contributed by atoms with Crippen molar-refractivity contribution in [2.75, 3.05) is 25.2 Å². The van der Waals surface area contributed by atoms with Crippen LogP contribution in [0, 0.1) is 5.92 Å². The second-order valence-electron chi connectivity index (χ2n) is 11.2. The number of aliphatic hydroxyl groups excluding tert-OH is 1. The first-order valence-electron chi connectivity index (χ1n) is 15.0. The monoisotopic (exact) mass is 641 g/mol. The van der Waals surface area contributed by atoms with Gasteiger partial charge in [0, 0.05) is 47.9 Å². The van der Waals surface area contributed by atoms with E-state index in [-0.39, 0.29) is 43.3 Å². The maximum absolute atomic E-state index is 14.1. The predicted octanol–water partition coefficient (Wildman–Crippen LogP) is 4.84. The van der Waals surface area contributed by atoms with Crippen molar-refractivity contribution >= 4 is 29.1 Å². The fourth-order valence-electron chi connectivity index (χ4n) is 5.75. The van der Waals surface area contributed by atoms with Crippen molar-refractivity contribution in [3.05, 3.63) is 135 Å². The summed E-state index contributed by atoms with van der Waals surface area (Å²) in [4.78, 5) is 43.0. The first-order chi connectivity index (χ1) is 22.2. The Morgan fingerprint density at radius 3 is 2.52 bits per heavy atom. The number of benzene rings is 3. The van der Waals surface area contributed by atoms with Crippen LogP contribution in [0.3, 0.4) is 0 Å². The molecule has 5 rings (SSSR count). The molecular weight excluding hydrogens is 606 g/mol. The van der Waals surface area contributed by atoms with E-state index in [1.165, 1.54) is 16.6 Å². The summed E-state index contributed by atoms with van der Waals surface area (Å²) in [7, 11) is 1.44. The van der Waals surface area contributed by atoms with Gasteiger partial charge in [-0.15, -0.1) is 0 Å². The smallest absolute Gasteiger partial charge is 0.297 e. The lowest BCUT2D eigenvalue weighted by atomic mass is 9.83. The van der Waals surface area contributed by atoms with Gasteiger partial charge in [0.1, 0.15) is 0 Å². The fraction of sp³-hybridized carbons (Fsp3) is 0.250. The molecule has 0 bridgehead atoms. The van der Waals surface area contributed by atoms with E-state index >= 15 is 0 Å². The number of aliphatic hydroxyl groups is 2. The van der Waals surface area contributed by atoms with Gasteiger partial charge in [-0.25, -0.2) is 0 Å². The number of amides is 2. The summed E-state index contributed by atoms with van der Waals surface area (Å²) in [6.07, 6.45) is 4.99. The maximum Gasteiger partial charge on any atom is 0.297 e. The average molecular weight is 642 g/mol. The van der Waals surface area contributed by atoms with Crippen molar-refractivity contribution < 1.29 is 24.5 Å². The van der Waals surface area contributed by atoms with Crippen LogP contribution < -0.4 is 15.2 Å². The molecule has 2 atom stereocenters. The average Bonchev–Trinajstić information content (AvgIpc) is 3.27. The van der Waals surface area contributed by atoms with E-state index < -0.39 is 17.4 Å². The zero-order valence-corrected chi connectivity index (χ0v) is 26.4. The second-order valence-corrected chi connectivity index (χ2v) is 11.6. The van der Waals surface area contributed by atoms with Gasteiger partial charge in [0.25, 0.3) is 11.5 Å². The Kier molecular flexibility index (Phi) is 10.1. The van der Waals surface area contributed by atoms with Gasteiger partial charge in [-0.2, -0.15) is 0 Å². The van der Waals surface area contributed by atoms with Crippen molar-refractivity contribution in [2.45, 2.75) is 32.0 Å². The minimum atomic E-state index is -1.93. The topological polar surface area (TPSA) is 112 Å². The molecular formula is C36H36ClN3O6. The lowest BCUT2D eigenvalue weighted by Crippen LogP contribution is -2.44. The molecule has 0 fully saturated rings. The lowest BCUT2D eigenvalue weighted by molar-refractivity contribution is -0.139. The van der Waals surface area contributed by atoms with Crippen molar-refractivity contribution in [2.24, 2.45) is 5.92 Å². The number of anilines is 1. The number of carbonyl (C=O) groups is 2. The molecule has 0 saturated carbocycles. The largest absolute Gasteiger partial charge is 0.491 e. The lowest BCUT2D eigenvalue weighted by Gasteiger charge is -2.28. The Morgan fingerprint density at radius 2 is 1.78 bits per heavy atom. The standard InChI is InChI=1S/C36H36ClN3O6/c1-25(9-6-15-33(42)38(19-20-41)23-26-10-4-3-5-11-26)36(45)30-22-28(37)16-17-31(30)40(35(36)44)24-27-12-7-13-29(21-27)39-18-8-14-32(46-2)34(39)43/h3-14,16-18,21-22,25,41,45H,15,19-20,23-24H2,1-2H3/b9-6+/t25-,36+/m1/s1. The first kappa shape index (κ1) is 32.7. The summed E-state index contributed by atoms with van der Waals surface area (Å²) >= 11 is 6.34. The molecule has 238 valence electrons. The number of hydrogen-bond donors (Lipinski definition) is 2. The Morgan fingerprint density at radius 1 is 1.02 bits per heavy atom. The Balaban J connectivity index is 1.37. The van der Waals surface area contributed by atoms with Crippen molar-refractivity contribution in [3.8, 4) is 11.4 Å². The maximum atomic E-state index is 14.1. The van der Waals surface area contributed by atoms with Crippen LogP contribution >= 0.6 is 11.6 Å². The number of ether oxygens (including phenoxy) is 1. The summed E-state index contributed by atoms with van der Waals surface area (Å²) in [5, 5.41) is 21.9. The normalized spacial score (nSPS) is 16.5. The van der Waals surface area contributed by atoms with E-state index in [2.05, 4.69) is 0 Å². The SMILES string of the molecule is COc1cccn(-c2cccc(CN3C(=O)[C@](O)([C@H](C)/C=C/CC(=O)N(CCO)Cc4ccccc4)c4cc(Cl)ccc43)c2)c1=O.